The molecule has 0 spiro atoms. The van der Waals surface area contributed by atoms with E-state index in [1.165, 1.54) is 19.3 Å². The SMILES string of the molecule is COC(C)C(C)N(C)C1CCCC1CN. The fraction of sp³-hybridized carbons (Fsp3) is 1.00. The molecule has 1 aliphatic rings. The van der Waals surface area contributed by atoms with Crippen LogP contribution in [0, 0.1) is 5.92 Å². The molecule has 0 aliphatic heterocycles. The summed E-state index contributed by atoms with van der Waals surface area (Å²) < 4.78 is 5.39. The molecule has 0 aromatic carbocycles. The lowest BCUT2D eigenvalue weighted by molar-refractivity contribution is 0.0202. The van der Waals surface area contributed by atoms with Crippen LogP contribution < -0.4 is 5.73 Å². The zero-order valence-electron chi connectivity index (χ0n) is 10.6. The van der Waals surface area contributed by atoms with Gasteiger partial charge in [-0.05, 0) is 46.2 Å². The Morgan fingerprint density at radius 1 is 1.40 bits per heavy atom. The smallest absolute Gasteiger partial charge is 0.0695 e. The van der Waals surface area contributed by atoms with E-state index in [0.29, 0.717) is 18.0 Å². The molecule has 1 saturated carbocycles. The Hall–Kier alpha value is -0.120. The van der Waals surface area contributed by atoms with Crippen molar-refractivity contribution >= 4 is 0 Å². The van der Waals surface area contributed by atoms with Crippen LogP contribution in [0.15, 0.2) is 0 Å². The van der Waals surface area contributed by atoms with Gasteiger partial charge in [0.15, 0.2) is 0 Å². The van der Waals surface area contributed by atoms with E-state index in [2.05, 4.69) is 25.8 Å². The average Bonchev–Trinajstić information content (AvgIpc) is 2.73. The first-order chi connectivity index (χ1) is 7.11. The van der Waals surface area contributed by atoms with Crippen LogP contribution in [-0.4, -0.2) is 43.8 Å². The summed E-state index contributed by atoms with van der Waals surface area (Å²) in [6.45, 7) is 5.19. The lowest BCUT2D eigenvalue weighted by atomic mass is 10.0. The summed E-state index contributed by atoms with van der Waals surface area (Å²) in [7, 11) is 3.99. The molecule has 15 heavy (non-hydrogen) atoms. The number of hydrogen-bond acceptors (Lipinski definition) is 3. The van der Waals surface area contributed by atoms with Crippen molar-refractivity contribution in [3.8, 4) is 0 Å². The Morgan fingerprint density at radius 2 is 2.07 bits per heavy atom. The van der Waals surface area contributed by atoms with Gasteiger partial charge in [0, 0.05) is 19.2 Å². The Labute approximate surface area is 94.0 Å². The van der Waals surface area contributed by atoms with Crippen molar-refractivity contribution in [3.05, 3.63) is 0 Å². The summed E-state index contributed by atoms with van der Waals surface area (Å²) in [4.78, 5) is 2.46. The van der Waals surface area contributed by atoms with Crippen molar-refractivity contribution in [1.29, 1.82) is 0 Å². The van der Waals surface area contributed by atoms with E-state index in [0.717, 1.165) is 6.54 Å². The van der Waals surface area contributed by atoms with Crippen molar-refractivity contribution in [2.75, 3.05) is 20.7 Å². The van der Waals surface area contributed by atoms with Gasteiger partial charge in [-0.1, -0.05) is 6.42 Å². The molecule has 4 atom stereocenters. The maximum absolute atomic E-state index is 5.81. The van der Waals surface area contributed by atoms with Crippen molar-refractivity contribution in [2.45, 2.75) is 51.3 Å². The molecular weight excluding hydrogens is 188 g/mol. The monoisotopic (exact) mass is 214 g/mol. The second-order valence-electron chi connectivity index (χ2n) is 4.84. The van der Waals surface area contributed by atoms with Gasteiger partial charge >= 0.3 is 0 Å². The van der Waals surface area contributed by atoms with E-state index < -0.39 is 0 Å². The van der Waals surface area contributed by atoms with E-state index in [9.17, 15) is 0 Å². The molecule has 1 rings (SSSR count). The predicted octanol–water partition coefficient (Wildman–Crippen LogP) is 1.47. The van der Waals surface area contributed by atoms with Crippen LogP contribution >= 0.6 is 0 Å². The lowest BCUT2D eigenvalue weighted by Gasteiger charge is -2.36. The molecule has 0 aromatic rings. The Morgan fingerprint density at radius 3 is 2.60 bits per heavy atom. The molecule has 3 heteroatoms. The first-order valence-electron chi connectivity index (χ1n) is 6.06. The van der Waals surface area contributed by atoms with Crippen molar-refractivity contribution in [1.82, 2.24) is 4.90 Å². The predicted molar refractivity (Wildman–Crippen MR) is 63.9 cm³/mol. The first-order valence-corrected chi connectivity index (χ1v) is 6.06. The maximum Gasteiger partial charge on any atom is 0.0695 e. The summed E-state index contributed by atoms with van der Waals surface area (Å²) in [6, 6.07) is 1.12. The van der Waals surface area contributed by atoms with Gasteiger partial charge in [-0.25, -0.2) is 0 Å². The zero-order chi connectivity index (χ0) is 11.4. The number of hydrogen-bond donors (Lipinski definition) is 1. The molecule has 3 nitrogen and oxygen atoms in total. The lowest BCUT2D eigenvalue weighted by Crippen LogP contribution is -2.47. The Bertz CT molecular complexity index is 186. The molecule has 0 amide bonds. The van der Waals surface area contributed by atoms with E-state index in [1.807, 2.05) is 0 Å². The number of ether oxygens (including phenoxy) is 1. The Balaban J connectivity index is 2.54. The summed E-state index contributed by atoms with van der Waals surface area (Å²) in [5, 5.41) is 0. The highest BCUT2D eigenvalue weighted by Gasteiger charge is 2.32. The van der Waals surface area contributed by atoms with Gasteiger partial charge in [0.2, 0.25) is 0 Å². The number of rotatable bonds is 5. The molecule has 0 radical (unpaired) electrons. The van der Waals surface area contributed by atoms with Crippen LogP contribution in [0.2, 0.25) is 0 Å². The third-order valence-electron chi connectivity index (χ3n) is 4.14. The Kier molecular flexibility index (Phi) is 5.03. The summed E-state index contributed by atoms with van der Waals surface area (Å²) >= 11 is 0. The van der Waals surface area contributed by atoms with E-state index in [-0.39, 0.29) is 6.10 Å². The molecule has 0 aromatic heterocycles. The molecule has 4 unspecified atom stereocenters. The van der Waals surface area contributed by atoms with Gasteiger partial charge in [-0.3, -0.25) is 4.90 Å². The zero-order valence-corrected chi connectivity index (χ0v) is 10.6. The van der Waals surface area contributed by atoms with Gasteiger partial charge in [-0.15, -0.1) is 0 Å². The van der Waals surface area contributed by atoms with Gasteiger partial charge in [-0.2, -0.15) is 0 Å². The average molecular weight is 214 g/mol. The van der Waals surface area contributed by atoms with Gasteiger partial charge < -0.3 is 10.5 Å². The number of nitrogens with zero attached hydrogens (tertiary/aromatic N) is 1. The summed E-state index contributed by atoms with van der Waals surface area (Å²) in [5.41, 5.74) is 5.81. The molecule has 0 saturated heterocycles. The van der Waals surface area contributed by atoms with Crippen LogP contribution in [0.3, 0.4) is 0 Å². The molecule has 0 bridgehead atoms. The topological polar surface area (TPSA) is 38.5 Å². The van der Waals surface area contributed by atoms with Crippen molar-refractivity contribution in [3.63, 3.8) is 0 Å². The second-order valence-corrected chi connectivity index (χ2v) is 4.84. The second kappa shape index (κ2) is 5.83. The standard InChI is InChI=1S/C12H26N2O/c1-9(10(2)15-4)14(3)12-7-5-6-11(12)8-13/h9-12H,5-8,13H2,1-4H3. The number of nitrogens with two attached hydrogens (primary N) is 1. The van der Waals surface area contributed by atoms with Crippen LogP contribution in [-0.2, 0) is 4.74 Å². The summed E-state index contributed by atoms with van der Waals surface area (Å²) in [6.07, 6.45) is 4.19. The summed E-state index contributed by atoms with van der Waals surface area (Å²) in [5.74, 6) is 0.682. The van der Waals surface area contributed by atoms with Crippen LogP contribution in [0.1, 0.15) is 33.1 Å². The van der Waals surface area contributed by atoms with Gasteiger partial charge in [0.1, 0.15) is 0 Å². The van der Waals surface area contributed by atoms with Crippen molar-refractivity contribution < 1.29 is 4.74 Å². The minimum atomic E-state index is 0.286. The highest BCUT2D eigenvalue weighted by atomic mass is 16.5. The highest BCUT2D eigenvalue weighted by Crippen LogP contribution is 2.30. The van der Waals surface area contributed by atoms with E-state index in [1.54, 1.807) is 7.11 Å². The molecule has 1 aliphatic carbocycles. The minimum absolute atomic E-state index is 0.286. The minimum Gasteiger partial charge on any atom is -0.380 e. The molecule has 2 N–H and O–H groups in total. The molecule has 0 heterocycles. The van der Waals surface area contributed by atoms with Crippen LogP contribution in [0.25, 0.3) is 0 Å². The fourth-order valence-electron chi connectivity index (χ4n) is 2.66. The normalized spacial score (nSPS) is 30.8. The third-order valence-corrected chi connectivity index (χ3v) is 4.14. The van der Waals surface area contributed by atoms with Crippen LogP contribution in [0.5, 0.6) is 0 Å². The van der Waals surface area contributed by atoms with E-state index >= 15 is 0 Å². The van der Waals surface area contributed by atoms with Crippen molar-refractivity contribution in [2.24, 2.45) is 11.7 Å². The van der Waals surface area contributed by atoms with Gasteiger partial charge in [0.25, 0.3) is 0 Å². The molecule has 1 fully saturated rings. The number of methoxy groups -OCH3 is 1. The highest BCUT2D eigenvalue weighted by molar-refractivity contribution is 4.87. The molecule has 90 valence electrons. The largest absolute Gasteiger partial charge is 0.380 e. The van der Waals surface area contributed by atoms with Crippen LogP contribution in [0.4, 0.5) is 0 Å². The third kappa shape index (κ3) is 2.92. The molecular formula is C12H26N2O. The fourth-order valence-corrected chi connectivity index (χ4v) is 2.66. The first kappa shape index (κ1) is 12.9. The van der Waals surface area contributed by atoms with Gasteiger partial charge in [0.05, 0.1) is 6.10 Å². The quantitative estimate of drug-likeness (QED) is 0.753. The maximum atomic E-state index is 5.81. The number of likely N-dealkylation sites (N-methyl/N-ethyl adjacent to an activating group) is 1. The van der Waals surface area contributed by atoms with E-state index in [4.69, 9.17) is 10.5 Å².